The molecule has 0 atom stereocenters. The minimum Gasteiger partial charge on any atom is -0.482 e. The Balaban J connectivity index is 3.21. The van der Waals surface area contributed by atoms with Gasteiger partial charge in [0.25, 0.3) is 0 Å². The van der Waals surface area contributed by atoms with E-state index in [1.165, 1.54) is 12.1 Å². The quantitative estimate of drug-likeness (QED) is 0.805. The molecule has 0 amide bonds. The summed E-state index contributed by atoms with van der Waals surface area (Å²) in [7, 11) is -3.25. The van der Waals surface area contributed by atoms with Crippen molar-refractivity contribution in [1.82, 2.24) is 0 Å². The molecule has 3 nitrogen and oxygen atoms in total. The van der Waals surface area contributed by atoms with Crippen molar-refractivity contribution >= 4 is 37.4 Å². The largest absolute Gasteiger partial charge is 0.482 e. The lowest BCUT2D eigenvalue weighted by Gasteiger charge is -2.05. The molecule has 0 unspecified atom stereocenters. The Hall–Kier alpha value is -0.260. The number of benzene rings is 1. The Morgan fingerprint density at radius 1 is 1.43 bits per heavy atom. The number of hydrogen-bond acceptors (Lipinski definition) is 3. The van der Waals surface area contributed by atoms with Gasteiger partial charge in [-0.3, -0.25) is 0 Å². The fourth-order valence-electron chi connectivity index (χ4n) is 0.897. The molecule has 0 aliphatic carbocycles. The summed E-state index contributed by atoms with van der Waals surface area (Å²) in [4.78, 5) is 0.154. The van der Waals surface area contributed by atoms with E-state index >= 15 is 0 Å². The number of alkyl halides is 1. The zero-order chi connectivity index (χ0) is 10.8. The lowest BCUT2D eigenvalue weighted by atomic mass is 10.3. The molecular formula is C8H8BrClO3S. The van der Waals surface area contributed by atoms with E-state index < -0.39 is 9.84 Å². The van der Waals surface area contributed by atoms with Gasteiger partial charge in [-0.15, -0.1) is 0 Å². The number of sulfone groups is 1. The maximum absolute atomic E-state index is 11.2. The molecule has 0 aliphatic heterocycles. The van der Waals surface area contributed by atoms with E-state index in [0.717, 1.165) is 6.26 Å². The van der Waals surface area contributed by atoms with Crippen LogP contribution in [-0.4, -0.2) is 20.2 Å². The standard InChI is InChI=1S/C8H8BrClO3S/c1-14(11,12)8-3-6(10)2-7(4-8)13-5-9/h2-4H,5H2,1H3. The summed E-state index contributed by atoms with van der Waals surface area (Å²) in [6, 6.07) is 4.37. The van der Waals surface area contributed by atoms with Crippen LogP contribution < -0.4 is 4.74 Å². The first-order chi connectivity index (χ1) is 6.43. The summed E-state index contributed by atoms with van der Waals surface area (Å²) < 4.78 is 27.5. The van der Waals surface area contributed by atoms with Gasteiger partial charge in [-0.05, 0) is 34.1 Å². The van der Waals surface area contributed by atoms with Gasteiger partial charge in [0.05, 0.1) is 4.90 Å². The highest BCUT2D eigenvalue weighted by Crippen LogP contribution is 2.24. The van der Waals surface area contributed by atoms with Crippen molar-refractivity contribution in [1.29, 1.82) is 0 Å². The first kappa shape index (κ1) is 11.8. The van der Waals surface area contributed by atoms with Gasteiger partial charge in [-0.1, -0.05) is 11.6 Å². The Kier molecular flexibility index (Phi) is 3.80. The minimum atomic E-state index is -3.25. The van der Waals surface area contributed by atoms with Crippen LogP contribution in [0.15, 0.2) is 23.1 Å². The van der Waals surface area contributed by atoms with Gasteiger partial charge in [0, 0.05) is 11.3 Å². The van der Waals surface area contributed by atoms with E-state index in [1.54, 1.807) is 6.07 Å². The fourth-order valence-corrected chi connectivity index (χ4v) is 2.12. The zero-order valence-electron chi connectivity index (χ0n) is 7.33. The summed E-state index contributed by atoms with van der Waals surface area (Å²) in [5.41, 5.74) is 0.288. The van der Waals surface area contributed by atoms with Gasteiger partial charge in [-0.25, -0.2) is 8.42 Å². The molecule has 1 aromatic rings. The van der Waals surface area contributed by atoms with Crippen LogP contribution in [0, 0.1) is 0 Å². The van der Waals surface area contributed by atoms with E-state index in [4.69, 9.17) is 16.3 Å². The highest BCUT2D eigenvalue weighted by Gasteiger charge is 2.09. The maximum atomic E-state index is 11.2. The predicted molar refractivity (Wildman–Crippen MR) is 59.0 cm³/mol. The third-order valence-electron chi connectivity index (χ3n) is 1.49. The first-order valence-corrected chi connectivity index (χ1v) is 7.02. The van der Waals surface area contributed by atoms with Crippen LogP contribution in [0.5, 0.6) is 5.75 Å². The van der Waals surface area contributed by atoms with Crippen LogP contribution in [0.3, 0.4) is 0 Å². The number of hydrogen-bond donors (Lipinski definition) is 0. The van der Waals surface area contributed by atoms with Crippen LogP contribution in [0.25, 0.3) is 0 Å². The molecule has 0 saturated heterocycles. The van der Waals surface area contributed by atoms with Crippen molar-refractivity contribution in [2.75, 3.05) is 11.8 Å². The second-order valence-electron chi connectivity index (χ2n) is 2.65. The van der Waals surface area contributed by atoms with Crippen LogP contribution in [0.4, 0.5) is 0 Å². The predicted octanol–water partition coefficient (Wildman–Crippen LogP) is 2.47. The number of halogens is 2. The Morgan fingerprint density at radius 2 is 2.07 bits per heavy atom. The van der Waals surface area contributed by atoms with Gasteiger partial charge in [0.15, 0.2) is 9.84 Å². The van der Waals surface area contributed by atoms with Crippen LogP contribution in [0.2, 0.25) is 5.02 Å². The van der Waals surface area contributed by atoms with E-state index in [9.17, 15) is 8.42 Å². The molecular weight excluding hydrogens is 292 g/mol. The molecule has 0 aliphatic rings. The monoisotopic (exact) mass is 298 g/mol. The molecule has 1 aromatic carbocycles. The SMILES string of the molecule is CS(=O)(=O)c1cc(Cl)cc(OCBr)c1. The molecule has 78 valence electrons. The molecule has 0 radical (unpaired) electrons. The number of ether oxygens (including phenoxy) is 1. The van der Waals surface area contributed by atoms with Crippen LogP contribution in [0.1, 0.15) is 0 Å². The van der Waals surface area contributed by atoms with Crippen molar-refractivity contribution in [2.45, 2.75) is 4.90 Å². The van der Waals surface area contributed by atoms with Crippen molar-refractivity contribution in [3.63, 3.8) is 0 Å². The molecule has 6 heteroatoms. The molecule has 1 rings (SSSR count). The minimum absolute atomic E-state index is 0.154. The summed E-state index contributed by atoms with van der Waals surface area (Å²) in [5.74, 6) is 0.426. The summed E-state index contributed by atoms with van der Waals surface area (Å²) in [6.07, 6.45) is 1.12. The zero-order valence-corrected chi connectivity index (χ0v) is 10.5. The molecule has 0 bridgehead atoms. The Bertz CT molecular complexity index is 430. The van der Waals surface area contributed by atoms with Crippen molar-refractivity contribution in [3.8, 4) is 5.75 Å². The van der Waals surface area contributed by atoms with Crippen molar-refractivity contribution in [2.24, 2.45) is 0 Å². The molecule has 0 fully saturated rings. The molecule has 0 aromatic heterocycles. The van der Waals surface area contributed by atoms with Gasteiger partial charge in [-0.2, -0.15) is 0 Å². The summed E-state index contributed by atoms with van der Waals surface area (Å²) >= 11 is 8.80. The van der Waals surface area contributed by atoms with Gasteiger partial charge in [0.1, 0.15) is 11.3 Å². The maximum Gasteiger partial charge on any atom is 0.175 e. The topological polar surface area (TPSA) is 43.4 Å². The molecule has 0 saturated carbocycles. The van der Waals surface area contributed by atoms with Crippen molar-refractivity contribution < 1.29 is 13.2 Å². The number of rotatable bonds is 3. The summed E-state index contributed by atoms with van der Waals surface area (Å²) in [5, 5.41) is 0.337. The van der Waals surface area contributed by atoms with Crippen LogP contribution in [-0.2, 0) is 9.84 Å². The van der Waals surface area contributed by atoms with E-state index in [2.05, 4.69) is 15.9 Å². The third-order valence-corrected chi connectivity index (χ3v) is 3.03. The summed E-state index contributed by atoms with van der Waals surface area (Å²) in [6.45, 7) is 0. The fraction of sp³-hybridized carbons (Fsp3) is 0.250. The van der Waals surface area contributed by atoms with E-state index in [1.807, 2.05) is 0 Å². The Labute approximate surface area is 96.1 Å². The second-order valence-corrected chi connectivity index (χ2v) is 5.56. The second kappa shape index (κ2) is 4.51. The molecule has 0 spiro atoms. The first-order valence-electron chi connectivity index (χ1n) is 3.63. The Morgan fingerprint density at radius 3 is 2.57 bits per heavy atom. The van der Waals surface area contributed by atoms with E-state index in [0.29, 0.717) is 10.8 Å². The molecule has 14 heavy (non-hydrogen) atoms. The molecule has 0 N–H and O–H groups in total. The van der Waals surface area contributed by atoms with Gasteiger partial charge in [0.2, 0.25) is 0 Å². The van der Waals surface area contributed by atoms with Gasteiger partial charge >= 0.3 is 0 Å². The van der Waals surface area contributed by atoms with Crippen molar-refractivity contribution in [3.05, 3.63) is 23.2 Å². The lowest BCUT2D eigenvalue weighted by Crippen LogP contribution is -1.98. The van der Waals surface area contributed by atoms with Gasteiger partial charge < -0.3 is 4.74 Å². The van der Waals surface area contributed by atoms with E-state index in [-0.39, 0.29) is 10.4 Å². The highest BCUT2D eigenvalue weighted by molar-refractivity contribution is 9.09. The smallest absolute Gasteiger partial charge is 0.175 e. The average Bonchev–Trinajstić information content (AvgIpc) is 2.02. The average molecular weight is 300 g/mol. The van der Waals surface area contributed by atoms with Crippen LogP contribution >= 0.6 is 27.5 Å². The molecule has 0 heterocycles. The normalized spacial score (nSPS) is 11.4. The third kappa shape index (κ3) is 3.15. The lowest BCUT2D eigenvalue weighted by molar-refractivity contribution is 0.397. The highest BCUT2D eigenvalue weighted by atomic mass is 79.9.